The van der Waals surface area contributed by atoms with Crippen molar-refractivity contribution in [3.63, 3.8) is 0 Å². The third-order valence-electron chi connectivity index (χ3n) is 6.20. The number of ketones is 1. The number of fused-ring (bicyclic) bond motifs is 2. The van der Waals surface area contributed by atoms with Crippen LogP contribution in [0.3, 0.4) is 0 Å². The number of thiophene rings is 2. The van der Waals surface area contributed by atoms with Crippen molar-refractivity contribution in [1.82, 2.24) is 20.2 Å². The minimum Gasteiger partial charge on any atom is -0.345 e. The van der Waals surface area contributed by atoms with Crippen LogP contribution in [0.15, 0.2) is 45.9 Å². The third kappa shape index (κ3) is 4.91. The number of benzene rings is 1. The number of aromatic nitrogens is 2. The van der Waals surface area contributed by atoms with Crippen LogP contribution in [-0.4, -0.2) is 52.0 Å². The lowest BCUT2D eigenvalue weighted by molar-refractivity contribution is -0.131. The zero-order valence-electron chi connectivity index (χ0n) is 19.2. The highest BCUT2D eigenvalue weighted by Crippen LogP contribution is 2.33. The highest BCUT2D eigenvalue weighted by Gasteiger charge is 2.22. The molecule has 1 aliphatic heterocycles. The molecule has 11 heteroatoms. The van der Waals surface area contributed by atoms with Gasteiger partial charge in [-0.05, 0) is 34.6 Å². The zero-order valence-corrected chi connectivity index (χ0v) is 20.8. The fraction of sp³-hybridized carbons (Fsp3) is 0.240. The summed E-state index contributed by atoms with van der Waals surface area (Å²) in [6.07, 6.45) is 1.08. The summed E-state index contributed by atoms with van der Waals surface area (Å²) in [5.74, 6) is -1.09. The van der Waals surface area contributed by atoms with E-state index < -0.39 is 17.7 Å². The van der Waals surface area contributed by atoms with Gasteiger partial charge < -0.3 is 16.0 Å². The lowest BCUT2D eigenvalue weighted by atomic mass is 9.97. The summed E-state index contributed by atoms with van der Waals surface area (Å²) in [5, 5.41) is 7.16. The van der Waals surface area contributed by atoms with Crippen LogP contribution < -0.4 is 16.6 Å². The van der Waals surface area contributed by atoms with Crippen LogP contribution in [0.1, 0.15) is 27.3 Å². The maximum absolute atomic E-state index is 12.8. The number of carbonyl (C=O) groups excluding carboxylic acids is 3. The van der Waals surface area contributed by atoms with Gasteiger partial charge >= 0.3 is 0 Å². The van der Waals surface area contributed by atoms with Gasteiger partial charge in [-0.25, -0.2) is 4.98 Å². The molecule has 0 saturated carbocycles. The number of rotatable bonds is 8. The number of amides is 1. The summed E-state index contributed by atoms with van der Waals surface area (Å²) >= 11 is 2.88. The molecule has 1 atom stereocenters. The lowest BCUT2D eigenvalue weighted by Gasteiger charge is -2.30. The zero-order chi connectivity index (χ0) is 25.2. The Morgan fingerprint density at radius 2 is 2.11 bits per heavy atom. The van der Waals surface area contributed by atoms with E-state index in [9.17, 15) is 19.2 Å². The first-order valence-electron chi connectivity index (χ1n) is 11.3. The first-order chi connectivity index (χ1) is 17.4. The lowest BCUT2D eigenvalue weighted by Crippen LogP contribution is -2.44. The predicted octanol–water partition coefficient (Wildman–Crippen LogP) is 2.10. The Balaban J connectivity index is 1.27. The van der Waals surface area contributed by atoms with Crippen LogP contribution in [0.2, 0.25) is 0 Å². The second-order valence-electron chi connectivity index (χ2n) is 8.62. The van der Waals surface area contributed by atoms with Crippen molar-refractivity contribution >= 4 is 50.9 Å². The van der Waals surface area contributed by atoms with Gasteiger partial charge in [-0.1, -0.05) is 24.3 Å². The summed E-state index contributed by atoms with van der Waals surface area (Å²) in [6, 6.07) is 9.05. The Kier molecular flexibility index (Phi) is 6.88. The molecule has 0 bridgehead atoms. The Morgan fingerprint density at radius 3 is 2.89 bits per heavy atom. The van der Waals surface area contributed by atoms with Gasteiger partial charge in [0.1, 0.15) is 4.83 Å². The number of nitrogens with two attached hydrogens (primary N) is 1. The molecule has 0 radical (unpaired) electrons. The van der Waals surface area contributed by atoms with Gasteiger partial charge in [0, 0.05) is 42.0 Å². The molecule has 184 valence electrons. The number of nitrogens with one attached hydrogen (secondary N) is 2. The molecule has 1 aromatic carbocycles. The Hall–Kier alpha value is -3.51. The first kappa shape index (κ1) is 24.2. The van der Waals surface area contributed by atoms with Crippen molar-refractivity contribution in [1.29, 1.82) is 0 Å². The maximum Gasteiger partial charge on any atom is 0.287 e. The number of hydrogen-bond donors (Lipinski definition) is 3. The van der Waals surface area contributed by atoms with E-state index in [2.05, 4.69) is 15.3 Å². The van der Waals surface area contributed by atoms with E-state index in [-0.39, 0.29) is 24.2 Å². The summed E-state index contributed by atoms with van der Waals surface area (Å²) in [5.41, 5.74) is 9.49. The molecular weight excluding hydrogens is 498 g/mol. The van der Waals surface area contributed by atoms with Crippen molar-refractivity contribution in [2.24, 2.45) is 5.73 Å². The van der Waals surface area contributed by atoms with Crippen molar-refractivity contribution in [2.45, 2.75) is 25.6 Å². The molecule has 3 aromatic heterocycles. The summed E-state index contributed by atoms with van der Waals surface area (Å²) in [7, 11) is 0. The minimum absolute atomic E-state index is 0.0231. The molecule has 1 unspecified atom stereocenters. The molecule has 0 saturated heterocycles. The van der Waals surface area contributed by atoms with Crippen molar-refractivity contribution in [3.8, 4) is 10.4 Å². The van der Waals surface area contributed by atoms with Crippen molar-refractivity contribution < 1.29 is 14.4 Å². The molecule has 1 amide bonds. The molecule has 0 spiro atoms. The average molecular weight is 522 g/mol. The van der Waals surface area contributed by atoms with Crippen molar-refractivity contribution in [3.05, 3.63) is 74.0 Å². The Morgan fingerprint density at radius 1 is 1.25 bits per heavy atom. The van der Waals surface area contributed by atoms with Crippen molar-refractivity contribution in [2.75, 3.05) is 13.1 Å². The van der Waals surface area contributed by atoms with Gasteiger partial charge in [0.25, 0.3) is 11.5 Å². The SMILES string of the molecule is NC(CN1CCc2ccc(CNC(=O)c3nc4scc(-c5cccs5)c4c(=O)[nH]3)cc2C1)C(=O)C=O. The first-order valence-corrected chi connectivity index (χ1v) is 13.1. The van der Waals surface area contributed by atoms with Gasteiger partial charge in [-0.2, -0.15) is 0 Å². The van der Waals surface area contributed by atoms with Gasteiger partial charge in [0.15, 0.2) is 6.29 Å². The van der Waals surface area contributed by atoms with E-state index in [0.29, 0.717) is 23.3 Å². The standard InChI is InChI=1S/C25H23N5O4S2/c26-18(19(32)12-31)11-30-6-5-15-4-3-14(8-16(15)10-30)9-27-24(34)22-28-23(33)21-17(13-36-25(21)29-22)20-2-1-7-35-20/h1-4,7-8,12-13,18H,5-6,9-11,26H2,(H,27,34)(H,28,29,33). The molecule has 4 heterocycles. The third-order valence-corrected chi connectivity index (χ3v) is 7.97. The summed E-state index contributed by atoms with van der Waals surface area (Å²) in [4.78, 5) is 58.3. The van der Waals surface area contributed by atoms with E-state index in [1.807, 2.05) is 46.0 Å². The molecule has 5 rings (SSSR count). The number of H-pyrrole nitrogens is 1. The topological polar surface area (TPSA) is 138 Å². The quantitative estimate of drug-likeness (QED) is 0.238. The smallest absolute Gasteiger partial charge is 0.287 e. The molecule has 36 heavy (non-hydrogen) atoms. The second kappa shape index (κ2) is 10.2. The fourth-order valence-corrected chi connectivity index (χ4v) is 6.09. The molecule has 4 aromatic rings. The molecule has 4 N–H and O–H groups in total. The van der Waals surface area contributed by atoms with E-state index >= 15 is 0 Å². The predicted molar refractivity (Wildman–Crippen MR) is 139 cm³/mol. The number of carbonyl (C=O) groups is 3. The molecule has 0 aliphatic carbocycles. The van der Waals surface area contributed by atoms with Crippen LogP contribution in [-0.2, 0) is 29.1 Å². The van der Waals surface area contributed by atoms with Gasteiger partial charge in [-0.3, -0.25) is 24.1 Å². The maximum atomic E-state index is 12.8. The van der Waals surface area contributed by atoms with E-state index in [1.165, 1.54) is 16.9 Å². The van der Waals surface area contributed by atoms with Crippen LogP contribution in [0.5, 0.6) is 0 Å². The highest BCUT2D eigenvalue weighted by molar-refractivity contribution is 7.18. The van der Waals surface area contributed by atoms with Gasteiger partial charge in [-0.15, -0.1) is 22.7 Å². The molecule has 0 fully saturated rings. The molecule has 9 nitrogen and oxygen atoms in total. The number of hydrogen-bond acceptors (Lipinski definition) is 9. The molecular formula is C25H23N5O4S2. The average Bonchev–Trinajstić information content (AvgIpc) is 3.56. The Labute approximate surface area is 214 Å². The van der Waals surface area contributed by atoms with Gasteiger partial charge in [0.2, 0.25) is 11.6 Å². The molecule has 1 aliphatic rings. The minimum atomic E-state index is -0.830. The van der Waals surface area contributed by atoms with Crippen LogP contribution >= 0.6 is 22.7 Å². The largest absolute Gasteiger partial charge is 0.345 e. The normalized spacial score (nSPS) is 14.4. The number of aldehydes is 1. The number of aromatic amines is 1. The summed E-state index contributed by atoms with van der Waals surface area (Å²) in [6.45, 7) is 1.94. The van der Waals surface area contributed by atoms with E-state index in [1.54, 1.807) is 11.3 Å². The van der Waals surface area contributed by atoms with Crippen LogP contribution in [0.25, 0.3) is 20.7 Å². The second-order valence-corrected chi connectivity index (χ2v) is 10.4. The number of Topliss-reactive ketones (excluding diaryl/α,β-unsaturated/α-hetero) is 1. The summed E-state index contributed by atoms with van der Waals surface area (Å²) < 4.78 is 0. The van der Waals surface area contributed by atoms with E-state index in [4.69, 9.17) is 5.73 Å². The fourth-order valence-electron chi connectivity index (χ4n) is 4.33. The van der Waals surface area contributed by atoms with E-state index in [0.717, 1.165) is 34.5 Å². The number of nitrogens with zero attached hydrogens (tertiary/aromatic N) is 2. The monoisotopic (exact) mass is 521 g/mol. The van der Waals surface area contributed by atoms with Crippen LogP contribution in [0.4, 0.5) is 0 Å². The Bertz CT molecular complexity index is 1510. The van der Waals surface area contributed by atoms with Crippen LogP contribution in [0, 0.1) is 0 Å². The highest BCUT2D eigenvalue weighted by atomic mass is 32.1. The van der Waals surface area contributed by atoms with Gasteiger partial charge in [0.05, 0.1) is 11.4 Å².